The third-order valence-corrected chi connectivity index (χ3v) is 3.44. The van der Waals surface area contributed by atoms with Gasteiger partial charge >= 0.3 is 0 Å². The molecule has 0 unspecified atom stereocenters. The fraction of sp³-hybridized carbons (Fsp3) is 0.143. The van der Waals surface area contributed by atoms with Gasteiger partial charge in [0.2, 0.25) is 10.0 Å². The summed E-state index contributed by atoms with van der Waals surface area (Å²) in [4.78, 5) is 16.1. The van der Waals surface area contributed by atoms with Gasteiger partial charge in [0.25, 0.3) is 5.91 Å². The van der Waals surface area contributed by atoms with Gasteiger partial charge in [-0.1, -0.05) is 18.2 Å². The zero-order chi connectivity index (χ0) is 15.5. The number of carbonyl (C=O) groups excluding carboxylic acids is 1. The number of nitrogens with zero attached hydrogens (tertiary/aromatic N) is 1. The number of aromatic nitrogens is 1. The molecular formula is C14H15N3O3S. The van der Waals surface area contributed by atoms with Crippen molar-refractivity contribution in [2.75, 3.05) is 5.32 Å². The molecule has 6 nitrogen and oxygen atoms in total. The van der Waals surface area contributed by atoms with Crippen LogP contribution < -0.4 is 10.5 Å². The van der Waals surface area contributed by atoms with Crippen molar-refractivity contribution in [2.24, 2.45) is 5.14 Å². The van der Waals surface area contributed by atoms with Crippen LogP contribution in [0.3, 0.4) is 0 Å². The molecule has 110 valence electrons. The maximum Gasteiger partial charge on any atom is 0.274 e. The number of carbonyl (C=O) groups is 1. The minimum atomic E-state index is -3.56. The summed E-state index contributed by atoms with van der Waals surface area (Å²) >= 11 is 0. The van der Waals surface area contributed by atoms with Crippen LogP contribution in [0.25, 0.3) is 0 Å². The van der Waals surface area contributed by atoms with Crippen molar-refractivity contribution in [1.29, 1.82) is 0 Å². The summed E-state index contributed by atoms with van der Waals surface area (Å²) in [7, 11) is -3.56. The van der Waals surface area contributed by atoms with E-state index < -0.39 is 10.0 Å². The van der Waals surface area contributed by atoms with Crippen LogP contribution in [0.2, 0.25) is 0 Å². The standard InChI is InChI=1S/C14H15N3O3S/c1-10-3-2-4-13(16-10)14(18)17-12-7-5-11(6-8-12)9-21(15,19)20/h2-8H,9H2,1H3,(H,17,18)(H2,15,19,20). The average Bonchev–Trinajstić information content (AvgIpc) is 2.39. The predicted octanol–water partition coefficient (Wildman–Crippen LogP) is 1.43. The monoisotopic (exact) mass is 305 g/mol. The highest BCUT2D eigenvalue weighted by Crippen LogP contribution is 2.12. The molecule has 0 saturated carbocycles. The second-order valence-corrected chi connectivity index (χ2v) is 6.24. The third kappa shape index (κ3) is 4.66. The zero-order valence-electron chi connectivity index (χ0n) is 11.4. The van der Waals surface area contributed by atoms with Crippen molar-refractivity contribution in [1.82, 2.24) is 4.98 Å². The number of hydrogen-bond donors (Lipinski definition) is 2. The number of aryl methyl sites for hydroxylation is 1. The molecule has 1 amide bonds. The van der Waals surface area contributed by atoms with E-state index in [1.807, 2.05) is 0 Å². The van der Waals surface area contributed by atoms with Gasteiger partial charge in [-0.05, 0) is 36.8 Å². The van der Waals surface area contributed by atoms with Gasteiger partial charge in [0, 0.05) is 11.4 Å². The fourth-order valence-corrected chi connectivity index (χ4v) is 2.44. The summed E-state index contributed by atoms with van der Waals surface area (Å²) < 4.78 is 22.0. The van der Waals surface area contributed by atoms with Gasteiger partial charge in [-0.25, -0.2) is 18.5 Å². The first-order valence-electron chi connectivity index (χ1n) is 6.18. The van der Waals surface area contributed by atoms with E-state index in [0.29, 0.717) is 16.9 Å². The van der Waals surface area contributed by atoms with Gasteiger partial charge in [-0.3, -0.25) is 4.79 Å². The predicted molar refractivity (Wildman–Crippen MR) is 80.2 cm³/mol. The third-order valence-electron chi connectivity index (χ3n) is 2.70. The second-order valence-electron chi connectivity index (χ2n) is 4.62. The van der Waals surface area contributed by atoms with Crippen LogP contribution in [0.4, 0.5) is 5.69 Å². The largest absolute Gasteiger partial charge is 0.321 e. The van der Waals surface area contributed by atoms with E-state index in [1.165, 1.54) is 0 Å². The molecule has 0 fully saturated rings. The Morgan fingerprint density at radius 1 is 1.19 bits per heavy atom. The number of hydrogen-bond acceptors (Lipinski definition) is 4. The first kappa shape index (κ1) is 15.1. The summed E-state index contributed by atoms with van der Waals surface area (Å²) in [5.74, 6) is -0.557. The molecule has 1 aromatic heterocycles. The topological polar surface area (TPSA) is 102 Å². The Balaban J connectivity index is 2.08. The molecule has 2 rings (SSSR count). The van der Waals surface area contributed by atoms with Gasteiger partial charge in [0.1, 0.15) is 5.69 Å². The summed E-state index contributed by atoms with van der Waals surface area (Å²) in [6.07, 6.45) is 0. The molecule has 0 aliphatic carbocycles. The van der Waals surface area contributed by atoms with Crippen LogP contribution in [0.5, 0.6) is 0 Å². The molecule has 1 aromatic carbocycles. The molecule has 0 spiro atoms. The Morgan fingerprint density at radius 3 is 2.43 bits per heavy atom. The van der Waals surface area contributed by atoms with Crippen molar-refractivity contribution >= 4 is 21.6 Å². The quantitative estimate of drug-likeness (QED) is 0.892. The lowest BCUT2D eigenvalue weighted by molar-refractivity contribution is 0.102. The summed E-state index contributed by atoms with van der Waals surface area (Å²) in [6.45, 7) is 1.80. The Bertz CT molecular complexity index is 755. The zero-order valence-corrected chi connectivity index (χ0v) is 12.2. The van der Waals surface area contributed by atoms with Crippen molar-refractivity contribution in [3.63, 3.8) is 0 Å². The summed E-state index contributed by atoms with van der Waals surface area (Å²) in [6, 6.07) is 11.6. The lowest BCUT2D eigenvalue weighted by Gasteiger charge is -2.06. The van der Waals surface area contributed by atoms with Gasteiger partial charge < -0.3 is 5.32 Å². The molecule has 0 aliphatic rings. The van der Waals surface area contributed by atoms with Gasteiger partial charge in [0.05, 0.1) is 5.75 Å². The van der Waals surface area contributed by atoms with Gasteiger partial charge in [0.15, 0.2) is 0 Å². The number of benzene rings is 1. The molecule has 3 N–H and O–H groups in total. The van der Waals surface area contributed by atoms with E-state index in [9.17, 15) is 13.2 Å². The number of primary sulfonamides is 1. The molecule has 0 saturated heterocycles. The van der Waals surface area contributed by atoms with Crippen molar-refractivity contribution in [3.8, 4) is 0 Å². The number of sulfonamides is 1. The van der Waals surface area contributed by atoms with Crippen molar-refractivity contribution in [3.05, 3.63) is 59.4 Å². The molecule has 2 aromatic rings. The normalized spacial score (nSPS) is 11.1. The van der Waals surface area contributed by atoms with E-state index in [4.69, 9.17) is 5.14 Å². The Hall–Kier alpha value is -2.25. The Labute approximate surface area is 123 Å². The van der Waals surface area contributed by atoms with E-state index >= 15 is 0 Å². The highest BCUT2D eigenvalue weighted by atomic mass is 32.2. The SMILES string of the molecule is Cc1cccc(C(=O)Nc2ccc(CS(N)(=O)=O)cc2)n1. The smallest absolute Gasteiger partial charge is 0.274 e. The van der Waals surface area contributed by atoms with Crippen LogP contribution in [0, 0.1) is 6.92 Å². The van der Waals surface area contributed by atoms with Crippen LogP contribution in [0.1, 0.15) is 21.7 Å². The minimum absolute atomic E-state index is 0.235. The van der Waals surface area contributed by atoms with E-state index in [1.54, 1.807) is 49.4 Å². The number of rotatable bonds is 4. The van der Waals surface area contributed by atoms with E-state index in [0.717, 1.165) is 5.69 Å². The number of nitrogens with two attached hydrogens (primary N) is 1. The molecule has 0 radical (unpaired) electrons. The first-order chi connectivity index (χ1) is 9.83. The van der Waals surface area contributed by atoms with E-state index in [2.05, 4.69) is 10.3 Å². The molecule has 7 heteroatoms. The maximum atomic E-state index is 12.0. The van der Waals surface area contributed by atoms with Crippen LogP contribution >= 0.6 is 0 Å². The van der Waals surface area contributed by atoms with Crippen LogP contribution in [-0.2, 0) is 15.8 Å². The van der Waals surface area contributed by atoms with Gasteiger partial charge in [-0.15, -0.1) is 0 Å². The molecule has 0 aliphatic heterocycles. The number of anilines is 1. The fourth-order valence-electron chi connectivity index (χ4n) is 1.78. The maximum absolute atomic E-state index is 12.0. The highest BCUT2D eigenvalue weighted by molar-refractivity contribution is 7.88. The lowest BCUT2D eigenvalue weighted by Crippen LogP contribution is -2.15. The number of nitrogens with one attached hydrogen (secondary N) is 1. The minimum Gasteiger partial charge on any atom is -0.321 e. The number of amides is 1. The Kier molecular flexibility index (Phi) is 4.35. The number of pyridine rings is 1. The summed E-state index contributed by atoms with van der Waals surface area (Å²) in [5, 5.41) is 7.66. The second kappa shape index (κ2) is 6.02. The lowest BCUT2D eigenvalue weighted by atomic mass is 10.2. The molecule has 0 bridgehead atoms. The highest BCUT2D eigenvalue weighted by Gasteiger charge is 2.08. The van der Waals surface area contributed by atoms with E-state index in [-0.39, 0.29) is 11.7 Å². The Morgan fingerprint density at radius 2 is 1.86 bits per heavy atom. The van der Waals surface area contributed by atoms with Crippen molar-refractivity contribution in [2.45, 2.75) is 12.7 Å². The first-order valence-corrected chi connectivity index (χ1v) is 7.89. The molecular weight excluding hydrogens is 290 g/mol. The molecule has 0 atom stereocenters. The van der Waals surface area contributed by atoms with Crippen molar-refractivity contribution < 1.29 is 13.2 Å². The molecule has 21 heavy (non-hydrogen) atoms. The van der Waals surface area contributed by atoms with Crippen LogP contribution in [-0.4, -0.2) is 19.3 Å². The summed E-state index contributed by atoms with van der Waals surface area (Å²) in [5.41, 5.74) is 2.19. The molecule has 1 heterocycles. The average molecular weight is 305 g/mol. The van der Waals surface area contributed by atoms with Crippen LogP contribution in [0.15, 0.2) is 42.5 Å². The van der Waals surface area contributed by atoms with Gasteiger partial charge in [-0.2, -0.15) is 0 Å².